The van der Waals surface area contributed by atoms with Gasteiger partial charge in [-0.15, -0.1) is 0 Å². The van der Waals surface area contributed by atoms with Gasteiger partial charge in [-0.1, -0.05) is 12.1 Å². The van der Waals surface area contributed by atoms with Crippen LogP contribution in [0.3, 0.4) is 0 Å². The van der Waals surface area contributed by atoms with Crippen molar-refractivity contribution in [2.45, 2.75) is 32.7 Å². The van der Waals surface area contributed by atoms with Gasteiger partial charge in [-0.2, -0.15) is 18.3 Å². The van der Waals surface area contributed by atoms with Crippen LogP contribution >= 0.6 is 0 Å². The summed E-state index contributed by atoms with van der Waals surface area (Å²) < 4.78 is 45.2. The molecule has 0 aliphatic heterocycles. The summed E-state index contributed by atoms with van der Waals surface area (Å²) in [5.41, 5.74) is 9.83. The molecule has 0 unspecified atom stereocenters. The van der Waals surface area contributed by atoms with E-state index in [1.54, 1.807) is 29.8 Å². The molecule has 0 fully saturated rings. The number of aromatic amines is 1. The number of aromatic nitrogens is 3. The number of carbonyl (C=O) groups is 1. The van der Waals surface area contributed by atoms with E-state index in [0.717, 1.165) is 34.6 Å². The SMILES string of the molecule is Cc1cc(-c2cc(-c3cccc4c3ccn4CC(N)=O)[nH]n2)ccc1O[C@@H](C)C(F)(F)F. The fourth-order valence-electron chi connectivity index (χ4n) is 3.57. The number of fused-ring (bicyclic) bond motifs is 1. The minimum atomic E-state index is -4.43. The van der Waals surface area contributed by atoms with E-state index in [2.05, 4.69) is 10.2 Å². The summed E-state index contributed by atoms with van der Waals surface area (Å²) in [4.78, 5) is 11.3. The van der Waals surface area contributed by atoms with Gasteiger partial charge < -0.3 is 15.0 Å². The Morgan fingerprint density at radius 1 is 1.22 bits per heavy atom. The van der Waals surface area contributed by atoms with Crippen LogP contribution in [0.5, 0.6) is 5.75 Å². The van der Waals surface area contributed by atoms with Gasteiger partial charge in [0, 0.05) is 28.2 Å². The van der Waals surface area contributed by atoms with Crippen molar-refractivity contribution in [3.05, 3.63) is 60.3 Å². The van der Waals surface area contributed by atoms with E-state index in [1.165, 1.54) is 6.07 Å². The molecule has 0 spiro atoms. The van der Waals surface area contributed by atoms with Gasteiger partial charge in [-0.05, 0) is 55.8 Å². The minimum Gasteiger partial charge on any atom is -0.481 e. The number of H-pyrrole nitrogens is 1. The van der Waals surface area contributed by atoms with Crippen molar-refractivity contribution in [2.24, 2.45) is 5.73 Å². The second-order valence-corrected chi connectivity index (χ2v) is 7.60. The van der Waals surface area contributed by atoms with Crippen LogP contribution < -0.4 is 10.5 Å². The lowest BCUT2D eigenvalue weighted by molar-refractivity contribution is -0.189. The van der Waals surface area contributed by atoms with Crippen LogP contribution in [0.1, 0.15) is 12.5 Å². The summed E-state index contributed by atoms with van der Waals surface area (Å²) in [5, 5.41) is 8.32. The highest BCUT2D eigenvalue weighted by Gasteiger charge is 2.38. The number of nitrogens with zero attached hydrogens (tertiary/aromatic N) is 2. The van der Waals surface area contributed by atoms with Gasteiger partial charge in [0.05, 0.1) is 11.4 Å². The molecule has 1 amide bonds. The van der Waals surface area contributed by atoms with Crippen molar-refractivity contribution in [1.82, 2.24) is 14.8 Å². The van der Waals surface area contributed by atoms with Crippen molar-refractivity contribution in [3.8, 4) is 28.3 Å². The molecular formula is C23H21F3N4O2. The Labute approximate surface area is 181 Å². The van der Waals surface area contributed by atoms with Crippen molar-refractivity contribution in [2.75, 3.05) is 0 Å². The second-order valence-electron chi connectivity index (χ2n) is 7.60. The van der Waals surface area contributed by atoms with Gasteiger partial charge >= 0.3 is 6.18 Å². The van der Waals surface area contributed by atoms with E-state index in [4.69, 9.17) is 10.5 Å². The second kappa shape index (κ2) is 8.07. The Balaban J connectivity index is 1.63. The molecule has 0 aliphatic carbocycles. The summed E-state index contributed by atoms with van der Waals surface area (Å²) >= 11 is 0. The van der Waals surface area contributed by atoms with Crippen LogP contribution in [0, 0.1) is 6.92 Å². The average molecular weight is 442 g/mol. The van der Waals surface area contributed by atoms with Gasteiger partial charge in [0.2, 0.25) is 5.91 Å². The topological polar surface area (TPSA) is 85.9 Å². The molecule has 0 saturated carbocycles. The van der Waals surface area contributed by atoms with Crippen LogP contribution in [0.4, 0.5) is 13.2 Å². The van der Waals surface area contributed by atoms with E-state index in [0.29, 0.717) is 11.3 Å². The third-order valence-corrected chi connectivity index (χ3v) is 5.24. The Bertz CT molecular complexity index is 1290. The third kappa shape index (κ3) is 4.18. The van der Waals surface area contributed by atoms with Crippen molar-refractivity contribution >= 4 is 16.8 Å². The first-order chi connectivity index (χ1) is 15.1. The number of hydrogen-bond donors (Lipinski definition) is 2. The van der Waals surface area contributed by atoms with Crippen molar-refractivity contribution < 1.29 is 22.7 Å². The lowest BCUT2D eigenvalue weighted by Crippen LogP contribution is -2.31. The molecule has 0 aliphatic rings. The number of rotatable bonds is 6. The summed E-state index contributed by atoms with van der Waals surface area (Å²) in [6.45, 7) is 2.75. The van der Waals surface area contributed by atoms with Crippen LogP contribution in [0.2, 0.25) is 0 Å². The third-order valence-electron chi connectivity index (χ3n) is 5.24. The zero-order valence-electron chi connectivity index (χ0n) is 17.4. The highest BCUT2D eigenvalue weighted by Crippen LogP contribution is 2.33. The van der Waals surface area contributed by atoms with Crippen molar-refractivity contribution in [1.29, 1.82) is 0 Å². The molecule has 166 valence electrons. The van der Waals surface area contributed by atoms with Gasteiger partial charge in [0.1, 0.15) is 12.3 Å². The number of ether oxygens (including phenoxy) is 1. The fourth-order valence-corrected chi connectivity index (χ4v) is 3.57. The molecule has 2 aromatic carbocycles. The van der Waals surface area contributed by atoms with E-state index in [-0.39, 0.29) is 12.3 Å². The van der Waals surface area contributed by atoms with Crippen molar-refractivity contribution in [3.63, 3.8) is 0 Å². The smallest absolute Gasteiger partial charge is 0.425 e. The monoisotopic (exact) mass is 442 g/mol. The summed E-state index contributed by atoms with van der Waals surface area (Å²) in [7, 11) is 0. The predicted octanol–water partition coefficient (Wildman–Crippen LogP) is 4.82. The van der Waals surface area contributed by atoms with E-state index in [9.17, 15) is 18.0 Å². The van der Waals surface area contributed by atoms with Gasteiger partial charge in [0.15, 0.2) is 6.10 Å². The van der Waals surface area contributed by atoms with Crippen LogP contribution in [-0.2, 0) is 11.3 Å². The maximum absolute atomic E-state index is 12.8. The molecule has 0 bridgehead atoms. The highest BCUT2D eigenvalue weighted by atomic mass is 19.4. The highest BCUT2D eigenvalue weighted by molar-refractivity contribution is 5.95. The lowest BCUT2D eigenvalue weighted by atomic mass is 10.0. The molecule has 4 rings (SSSR count). The van der Waals surface area contributed by atoms with Gasteiger partial charge in [-0.25, -0.2) is 0 Å². The predicted molar refractivity (Wildman–Crippen MR) is 115 cm³/mol. The zero-order valence-corrected chi connectivity index (χ0v) is 17.4. The molecule has 32 heavy (non-hydrogen) atoms. The molecule has 0 radical (unpaired) electrons. The first-order valence-corrected chi connectivity index (χ1v) is 9.90. The number of carbonyl (C=O) groups excluding carboxylic acids is 1. The molecule has 2 heterocycles. The number of aryl methyl sites for hydroxylation is 1. The molecule has 1 atom stereocenters. The van der Waals surface area contributed by atoms with Gasteiger partial charge in [0.25, 0.3) is 0 Å². The van der Waals surface area contributed by atoms with Crippen LogP contribution in [0.25, 0.3) is 33.4 Å². The molecule has 2 aromatic heterocycles. The Hall–Kier alpha value is -3.75. The fraction of sp³-hybridized carbons (Fsp3) is 0.217. The zero-order chi connectivity index (χ0) is 23.0. The first kappa shape index (κ1) is 21.5. The molecule has 6 nitrogen and oxygen atoms in total. The summed E-state index contributed by atoms with van der Waals surface area (Å²) in [6.07, 6.45) is -4.52. The largest absolute Gasteiger partial charge is 0.481 e. The maximum Gasteiger partial charge on any atom is 0.425 e. The quantitative estimate of drug-likeness (QED) is 0.449. The molecule has 3 N–H and O–H groups in total. The number of hydrogen-bond acceptors (Lipinski definition) is 3. The van der Waals surface area contributed by atoms with Crippen LogP contribution in [-0.4, -0.2) is 33.0 Å². The number of nitrogens with two attached hydrogens (primary N) is 1. The Morgan fingerprint density at radius 3 is 2.69 bits per heavy atom. The standard InChI is InChI=1S/C23H21F3N4O2/c1-13-10-15(6-7-21(13)32-14(2)23(24,25)26)18-11-19(29-28-18)16-4-3-5-20-17(16)8-9-30(20)12-22(27)31/h3-11,14H,12H2,1-2H3,(H2,27,31)(H,28,29)/t14-/m0/s1. The lowest BCUT2D eigenvalue weighted by Gasteiger charge is -2.19. The number of benzene rings is 2. The number of alkyl halides is 3. The number of nitrogens with one attached hydrogen (secondary N) is 1. The summed E-state index contributed by atoms with van der Waals surface area (Å²) in [6, 6.07) is 14.4. The molecule has 0 saturated heterocycles. The van der Waals surface area contributed by atoms with E-state index < -0.39 is 18.2 Å². The molecule has 4 aromatic rings. The Kier molecular flexibility index (Phi) is 5.41. The maximum atomic E-state index is 12.8. The number of primary amides is 1. The van der Waals surface area contributed by atoms with Gasteiger partial charge in [-0.3, -0.25) is 9.89 Å². The molecular weight excluding hydrogens is 421 g/mol. The minimum absolute atomic E-state index is 0.0852. The molecule has 9 heteroatoms. The first-order valence-electron chi connectivity index (χ1n) is 9.90. The summed E-state index contributed by atoms with van der Waals surface area (Å²) in [5.74, 6) is -0.251. The van der Waals surface area contributed by atoms with E-state index >= 15 is 0 Å². The Morgan fingerprint density at radius 2 is 2.00 bits per heavy atom. The number of amides is 1. The van der Waals surface area contributed by atoms with E-state index in [1.807, 2.05) is 30.3 Å². The number of halogens is 3. The normalized spacial score (nSPS) is 12.8. The van der Waals surface area contributed by atoms with Crippen LogP contribution in [0.15, 0.2) is 54.7 Å². The average Bonchev–Trinajstić information content (AvgIpc) is 3.36.